The number of ether oxygens (including phenoxy) is 1. The smallest absolute Gasteiger partial charge is 0.134 e. The fourth-order valence-electron chi connectivity index (χ4n) is 1.52. The van der Waals surface area contributed by atoms with Crippen molar-refractivity contribution in [3.05, 3.63) is 47.5 Å². The van der Waals surface area contributed by atoms with E-state index in [9.17, 15) is 10.2 Å². The predicted molar refractivity (Wildman–Crippen MR) is 65.8 cm³/mol. The van der Waals surface area contributed by atoms with E-state index in [0.29, 0.717) is 11.5 Å². The average molecular weight is 230 g/mol. The number of hydrogen-bond donors (Lipinski definition) is 2. The summed E-state index contributed by atoms with van der Waals surface area (Å²) in [5.41, 5.74) is 1.84. The zero-order chi connectivity index (χ0) is 12.4. The lowest BCUT2D eigenvalue weighted by Crippen LogP contribution is -1.89. The lowest BCUT2D eigenvalue weighted by Gasteiger charge is -2.11. The molecule has 0 aliphatic carbocycles. The number of hydrogen-bond acceptors (Lipinski definition) is 3. The summed E-state index contributed by atoms with van der Waals surface area (Å²) in [6, 6.07) is 9.89. The van der Waals surface area contributed by atoms with Crippen LogP contribution in [0.3, 0.4) is 0 Å². The summed E-state index contributed by atoms with van der Waals surface area (Å²) in [4.78, 5) is 0. The van der Waals surface area contributed by atoms with Gasteiger partial charge in [-0.2, -0.15) is 0 Å². The molecular weight excluding hydrogens is 216 g/mol. The number of phenols is 2. The lowest BCUT2D eigenvalue weighted by atomic mass is 10.2. The minimum absolute atomic E-state index is 0.156. The minimum atomic E-state index is 0.156. The normalized spacial score (nSPS) is 10.2. The Kier molecular flexibility index (Phi) is 2.91. The van der Waals surface area contributed by atoms with E-state index in [2.05, 4.69) is 0 Å². The number of aryl methyl sites for hydroxylation is 2. The Morgan fingerprint density at radius 3 is 1.59 bits per heavy atom. The lowest BCUT2D eigenvalue weighted by molar-refractivity contribution is 0.442. The zero-order valence-corrected chi connectivity index (χ0v) is 9.77. The van der Waals surface area contributed by atoms with Crippen molar-refractivity contribution in [1.82, 2.24) is 0 Å². The van der Waals surface area contributed by atoms with E-state index in [1.807, 2.05) is 13.8 Å². The molecule has 0 amide bonds. The number of aromatic hydroxyl groups is 2. The van der Waals surface area contributed by atoms with Gasteiger partial charge in [0.15, 0.2) is 0 Å². The molecule has 17 heavy (non-hydrogen) atoms. The monoisotopic (exact) mass is 230 g/mol. The van der Waals surface area contributed by atoms with Gasteiger partial charge in [-0.1, -0.05) is 12.1 Å². The SMILES string of the molecule is Cc1ccc(O)cc1Oc1cc(O)ccc1C. The highest BCUT2D eigenvalue weighted by atomic mass is 16.5. The molecule has 0 saturated carbocycles. The second kappa shape index (κ2) is 4.37. The van der Waals surface area contributed by atoms with Crippen molar-refractivity contribution in [3.8, 4) is 23.0 Å². The van der Waals surface area contributed by atoms with Crippen LogP contribution in [0, 0.1) is 13.8 Å². The van der Waals surface area contributed by atoms with Crippen LogP contribution in [-0.2, 0) is 0 Å². The summed E-state index contributed by atoms with van der Waals surface area (Å²) in [5.74, 6) is 1.48. The van der Waals surface area contributed by atoms with E-state index in [4.69, 9.17) is 4.74 Å². The molecule has 0 saturated heterocycles. The molecule has 88 valence electrons. The van der Waals surface area contributed by atoms with Gasteiger partial charge >= 0.3 is 0 Å². The van der Waals surface area contributed by atoms with E-state index in [1.165, 1.54) is 0 Å². The molecule has 0 radical (unpaired) electrons. The summed E-state index contributed by atoms with van der Waals surface area (Å²) >= 11 is 0. The quantitative estimate of drug-likeness (QED) is 0.830. The van der Waals surface area contributed by atoms with Crippen molar-refractivity contribution < 1.29 is 14.9 Å². The first-order valence-electron chi connectivity index (χ1n) is 5.33. The first-order chi connectivity index (χ1) is 8.06. The Hall–Kier alpha value is -2.16. The maximum atomic E-state index is 9.41. The van der Waals surface area contributed by atoms with E-state index in [0.717, 1.165) is 11.1 Å². The Bertz CT molecular complexity index is 498. The van der Waals surface area contributed by atoms with Crippen molar-refractivity contribution >= 4 is 0 Å². The molecule has 2 aromatic rings. The van der Waals surface area contributed by atoms with Gasteiger partial charge in [0.05, 0.1) is 0 Å². The minimum Gasteiger partial charge on any atom is -0.508 e. The molecule has 0 unspecified atom stereocenters. The van der Waals surface area contributed by atoms with Crippen molar-refractivity contribution in [3.63, 3.8) is 0 Å². The molecule has 0 fully saturated rings. The van der Waals surface area contributed by atoms with Crippen LogP contribution in [0.1, 0.15) is 11.1 Å². The highest BCUT2D eigenvalue weighted by Crippen LogP contribution is 2.32. The van der Waals surface area contributed by atoms with Gasteiger partial charge in [-0.3, -0.25) is 0 Å². The van der Waals surface area contributed by atoms with E-state index in [1.54, 1.807) is 36.4 Å². The molecular formula is C14H14O3. The van der Waals surface area contributed by atoms with E-state index < -0.39 is 0 Å². The molecule has 0 heterocycles. The first-order valence-corrected chi connectivity index (χ1v) is 5.33. The maximum absolute atomic E-state index is 9.41. The topological polar surface area (TPSA) is 49.7 Å². The second-order valence-corrected chi connectivity index (χ2v) is 4.00. The van der Waals surface area contributed by atoms with Crippen LogP contribution < -0.4 is 4.74 Å². The molecule has 0 spiro atoms. The van der Waals surface area contributed by atoms with Gasteiger partial charge in [0.2, 0.25) is 0 Å². The highest BCUT2D eigenvalue weighted by molar-refractivity contribution is 5.46. The molecule has 3 nitrogen and oxygen atoms in total. The van der Waals surface area contributed by atoms with Crippen LogP contribution in [0.5, 0.6) is 23.0 Å². The van der Waals surface area contributed by atoms with Crippen molar-refractivity contribution in [2.24, 2.45) is 0 Å². The third-order valence-electron chi connectivity index (χ3n) is 2.56. The van der Waals surface area contributed by atoms with Gasteiger partial charge in [0.1, 0.15) is 23.0 Å². The van der Waals surface area contributed by atoms with Crippen LogP contribution in [-0.4, -0.2) is 10.2 Å². The van der Waals surface area contributed by atoms with Crippen LogP contribution in [0.2, 0.25) is 0 Å². The molecule has 0 aliphatic heterocycles. The largest absolute Gasteiger partial charge is 0.508 e. The summed E-state index contributed by atoms with van der Waals surface area (Å²) in [6.07, 6.45) is 0. The van der Waals surface area contributed by atoms with Crippen LogP contribution in [0.25, 0.3) is 0 Å². The van der Waals surface area contributed by atoms with Crippen LogP contribution in [0.4, 0.5) is 0 Å². The van der Waals surface area contributed by atoms with Gasteiger partial charge in [0.25, 0.3) is 0 Å². The van der Waals surface area contributed by atoms with Gasteiger partial charge < -0.3 is 14.9 Å². The third-order valence-corrected chi connectivity index (χ3v) is 2.56. The van der Waals surface area contributed by atoms with Crippen molar-refractivity contribution in [1.29, 1.82) is 0 Å². The van der Waals surface area contributed by atoms with Crippen LogP contribution >= 0.6 is 0 Å². The van der Waals surface area contributed by atoms with Gasteiger partial charge in [-0.15, -0.1) is 0 Å². The Morgan fingerprint density at radius 1 is 0.765 bits per heavy atom. The molecule has 0 aliphatic rings. The number of benzene rings is 2. The van der Waals surface area contributed by atoms with Crippen molar-refractivity contribution in [2.75, 3.05) is 0 Å². The Balaban J connectivity index is 2.37. The Morgan fingerprint density at radius 2 is 1.18 bits per heavy atom. The zero-order valence-electron chi connectivity index (χ0n) is 9.77. The molecule has 2 rings (SSSR count). The number of rotatable bonds is 2. The van der Waals surface area contributed by atoms with Gasteiger partial charge in [0, 0.05) is 12.1 Å². The second-order valence-electron chi connectivity index (χ2n) is 4.00. The fraction of sp³-hybridized carbons (Fsp3) is 0.143. The molecule has 0 bridgehead atoms. The average Bonchev–Trinajstić information content (AvgIpc) is 2.28. The van der Waals surface area contributed by atoms with Gasteiger partial charge in [-0.25, -0.2) is 0 Å². The standard InChI is InChI=1S/C14H14O3/c1-9-3-5-11(15)7-13(9)17-14-8-12(16)6-4-10(14)2/h3-8,15-16H,1-2H3. The fourth-order valence-corrected chi connectivity index (χ4v) is 1.52. The summed E-state index contributed by atoms with van der Waals surface area (Å²) in [7, 11) is 0. The van der Waals surface area contributed by atoms with E-state index in [-0.39, 0.29) is 11.5 Å². The van der Waals surface area contributed by atoms with Gasteiger partial charge in [-0.05, 0) is 37.1 Å². The summed E-state index contributed by atoms with van der Waals surface area (Å²) in [5, 5.41) is 18.8. The third kappa shape index (κ3) is 2.50. The highest BCUT2D eigenvalue weighted by Gasteiger charge is 2.06. The van der Waals surface area contributed by atoms with Crippen molar-refractivity contribution in [2.45, 2.75) is 13.8 Å². The summed E-state index contributed by atoms with van der Waals surface area (Å²) in [6.45, 7) is 3.79. The molecule has 3 heteroatoms. The number of phenolic OH excluding ortho intramolecular Hbond substituents is 2. The van der Waals surface area contributed by atoms with E-state index >= 15 is 0 Å². The first kappa shape index (κ1) is 11.3. The molecule has 0 aromatic heterocycles. The maximum Gasteiger partial charge on any atom is 0.134 e. The predicted octanol–water partition coefficient (Wildman–Crippen LogP) is 3.51. The molecule has 2 N–H and O–H groups in total. The molecule has 2 aromatic carbocycles. The van der Waals surface area contributed by atoms with Crippen LogP contribution in [0.15, 0.2) is 36.4 Å². The Labute approximate surface area is 99.9 Å². The molecule has 0 atom stereocenters. The summed E-state index contributed by atoms with van der Waals surface area (Å²) < 4.78 is 5.68.